The molecule has 0 saturated carbocycles. The van der Waals surface area contributed by atoms with E-state index in [4.69, 9.17) is 4.99 Å². The monoisotopic (exact) mass is 433 g/mol. The molecular formula is C24H20FN3O2S. The molecule has 156 valence electrons. The molecule has 0 radical (unpaired) electrons. The first-order valence-electron chi connectivity index (χ1n) is 10.1. The van der Waals surface area contributed by atoms with Gasteiger partial charge < -0.3 is 0 Å². The summed E-state index contributed by atoms with van der Waals surface area (Å²) in [5.74, 6) is -0.371. The highest BCUT2D eigenvalue weighted by Gasteiger charge is 2.40. The largest absolute Gasteiger partial charge is 0.294 e. The molecular weight excluding hydrogens is 413 g/mol. The molecule has 2 aromatic heterocycles. The maximum Gasteiger partial charge on any atom is 0.271 e. The van der Waals surface area contributed by atoms with Crippen molar-refractivity contribution in [3.8, 4) is 0 Å². The number of pyridine rings is 1. The van der Waals surface area contributed by atoms with Gasteiger partial charge in [0.1, 0.15) is 5.82 Å². The number of ketones is 1. The number of hydrogen-bond acceptors (Lipinski definition) is 5. The number of benzene rings is 1. The van der Waals surface area contributed by atoms with E-state index < -0.39 is 6.04 Å². The average molecular weight is 434 g/mol. The average Bonchev–Trinajstić information content (AvgIpc) is 3.02. The molecule has 0 bridgehead atoms. The molecule has 0 spiro atoms. The van der Waals surface area contributed by atoms with Crippen molar-refractivity contribution in [2.24, 2.45) is 10.4 Å². The van der Waals surface area contributed by atoms with Gasteiger partial charge in [0.05, 0.1) is 16.3 Å². The van der Waals surface area contributed by atoms with Crippen LogP contribution in [0.2, 0.25) is 0 Å². The first-order valence-corrected chi connectivity index (χ1v) is 10.9. The van der Waals surface area contributed by atoms with Crippen LogP contribution < -0.4 is 14.9 Å². The Kier molecular flexibility index (Phi) is 4.59. The minimum absolute atomic E-state index is 0.00846. The molecule has 5 rings (SSSR count). The minimum atomic E-state index is -0.605. The maximum absolute atomic E-state index is 13.6. The Balaban J connectivity index is 1.78. The van der Waals surface area contributed by atoms with Crippen LogP contribution in [0.4, 0.5) is 4.39 Å². The number of Topliss-reactive ketones (excluding diaryl/α,β-unsaturated/α-hetero) is 1. The van der Waals surface area contributed by atoms with Gasteiger partial charge in [0.15, 0.2) is 10.6 Å². The summed E-state index contributed by atoms with van der Waals surface area (Å²) in [6.45, 7) is 4.10. The van der Waals surface area contributed by atoms with Gasteiger partial charge in [-0.3, -0.25) is 19.1 Å². The number of carbonyl (C=O) groups is 1. The predicted octanol–water partition coefficient (Wildman–Crippen LogP) is 3.14. The molecule has 1 atom stereocenters. The molecule has 1 unspecified atom stereocenters. The van der Waals surface area contributed by atoms with E-state index in [1.165, 1.54) is 23.5 Å². The van der Waals surface area contributed by atoms with Crippen molar-refractivity contribution in [2.75, 3.05) is 0 Å². The zero-order valence-electron chi connectivity index (χ0n) is 17.1. The van der Waals surface area contributed by atoms with Crippen molar-refractivity contribution in [1.82, 2.24) is 9.55 Å². The number of aromatic nitrogens is 2. The van der Waals surface area contributed by atoms with Gasteiger partial charge in [-0.05, 0) is 47.2 Å². The Labute approximate surface area is 181 Å². The first kappa shape index (κ1) is 19.8. The van der Waals surface area contributed by atoms with Gasteiger partial charge in [0, 0.05) is 24.4 Å². The number of carbonyl (C=O) groups excluding carboxylic acids is 1. The third-order valence-electron chi connectivity index (χ3n) is 5.66. The van der Waals surface area contributed by atoms with E-state index in [-0.39, 0.29) is 22.6 Å². The standard InChI is InChI=1S/C24H20FN3O2S/c1-24(2)11-17-20(18(29)12-24)21(15-5-7-16(25)8-6-15)28-22(30)19(31-23(28)27-17)10-14-4-3-9-26-13-14/h3-10,13,21H,11-12H2,1-2H3/b19-10+. The van der Waals surface area contributed by atoms with Gasteiger partial charge in [-0.2, -0.15) is 0 Å². The van der Waals surface area contributed by atoms with Crippen molar-refractivity contribution in [3.63, 3.8) is 0 Å². The Morgan fingerprint density at radius 2 is 1.94 bits per heavy atom. The number of rotatable bonds is 2. The second-order valence-electron chi connectivity index (χ2n) is 8.72. The van der Waals surface area contributed by atoms with Gasteiger partial charge in [0.25, 0.3) is 5.56 Å². The number of thiazole rings is 1. The van der Waals surface area contributed by atoms with Gasteiger partial charge >= 0.3 is 0 Å². The van der Waals surface area contributed by atoms with Gasteiger partial charge in [-0.25, -0.2) is 9.38 Å². The van der Waals surface area contributed by atoms with Crippen LogP contribution in [0.3, 0.4) is 0 Å². The highest BCUT2D eigenvalue weighted by Crippen LogP contribution is 2.43. The molecule has 1 aliphatic heterocycles. The van der Waals surface area contributed by atoms with E-state index in [1.807, 2.05) is 12.1 Å². The first-order chi connectivity index (χ1) is 14.8. The fourth-order valence-electron chi connectivity index (χ4n) is 4.32. The Morgan fingerprint density at radius 1 is 1.16 bits per heavy atom. The fourth-order valence-corrected chi connectivity index (χ4v) is 5.34. The van der Waals surface area contributed by atoms with E-state index >= 15 is 0 Å². The van der Waals surface area contributed by atoms with Crippen molar-refractivity contribution < 1.29 is 9.18 Å². The maximum atomic E-state index is 13.6. The van der Waals surface area contributed by atoms with Gasteiger partial charge in [-0.1, -0.05) is 43.4 Å². The van der Waals surface area contributed by atoms with E-state index in [0.717, 1.165) is 11.3 Å². The molecule has 0 fully saturated rings. The summed E-state index contributed by atoms with van der Waals surface area (Å²) in [5, 5.41) is 0. The fraction of sp³-hybridized carbons (Fsp3) is 0.250. The molecule has 2 aliphatic rings. The molecule has 5 nitrogen and oxygen atoms in total. The van der Waals surface area contributed by atoms with Crippen LogP contribution in [0.25, 0.3) is 6.08 Å². The minimum Gasteiger partial charge on any atom is -0.294 e. The van der Waals surface area contributed by atoms with Gasteiger partial charge in [-0.15, -0.1) is 0 Å². The molecule has 1 aliphatic carbocycles. The summed E-state index contributed by atoms with van der Waals surface area (Å²) in [5.41, 5.74) is 2.37. The normalized spacial score (nSPS) is 20.3. The smallest absolute Gasteiger partial charge is 0.271 e. The SMILES string of the molecule is CC1(C)CC(=O)C2=C(C1)N=c1s/c(=C/c3cccnc3)c(=O)n1C2c1ccc(F)cc1. The lowest BCUT2D eigenvalue weighted by Gasteiger charge is -2.35. The molecule has 3 heterocycles. The van der Waals surface area contributed by atoms with Crippen LogP contribution in [0.15, 0.2) is 69.8 Å². The van der Waals surface area contributed by atoms with Gasteiger partial charge in [0.2, 0.25) is 0 Å². The van der Waals surface area contributed by atoms with E-state index in [9.17, 15) is 14.0 Å². The lowest BCUT2D eigenvalue weighted by molar-refractivity contribution is -0.118. The Bertz CT molecular complexity index is 1400. The summed E-state index contributed by atoms with van der Waals surface area (Å²) in [4.78, 5) is 36.0. The van der Waals surface area contributed by atoms with Crippen molar-refractivity contribution in [1.29, 1.82) is 0 Å². The lowest BCUT2D eigenvalue weighted by atomic mass is 9.73. The molecule has 3 aromatic rings. The zero-order chi connectivity index (χ0) is 21.8. The van der Waals surface area contributed by atoms with Crippen LogP contribution in [0.1, 0.15) is 43.9 Å². The van der Waals surface area contributed by atoms with Crippen LogP contribution in [0, 0.1) is 11.2 Å². The molecule has 0 amide bonds. The summed E-state index contributed by atoms with van der Waals surface area (Å²) >= 11 is 1.30. The number of hydrogen-bond donors (Lipinski definition) is 0. The van der Waals surface area contributed by atoms with E-state index in [0.29, 0.717) is 33.3 Å². The van der Waals surface area contributed by atoms with E-state index in [2.05, 4.69) is 18.8 Å². The molecule has 0 N–H and O–H groups in total. The van der Waals surface area contributed by atoms with Crippen LogP contribution in [0.5, 0.6) is 0 Å². The summed E-state index contributed by atoms with van der Waals surface area (Å²) in [7, 11) is 0. The third-order valence-corrected chi connectivity index (χ3v) is 6.65. The number of fused-ring (bicyclic) bond motifs is 1. The topological polar surface area (TPSA) is 64.3 Å². The number of allylic oxidation sites excluding steroid dienone is 2. The number of halogens is 1. The summed E-state index contributed by atoms with van der Waals surface area (Å²) in [6.07, 6.45) is 6.19. The predicted molar refractivity (Wildman–Crippen MR) is 117 cm³/mol. The number of nitrogens with zero attached hydrogens (tertiary/aromatic N) is 3. The highest BCUT2D eigenvalue weighted by molar-refractivity contribution is 7.07. The van der Waals surface area contributed by atoms with Crippen LogP contribution in [-0.4, -0.2) is 15.3 Å². The lowest BCUT2D eigenvalue weighted by Crippen LogP contribution is -2.42. The molecule has 7 heteroatoms. The molecule has 1 aromatic carbocycles. The van der Waals surface area contributed by atoms with Crippen molar-refractivity contribution >= 4 is 23.2 Å². The second kappa shape index (κ2) is 7.20. The van der Waals surface area contributed by atoms with Crippen LogP contribution in [-0.2, 0) is 4.79 Å². The Morgan fingerprint density at radius 3 is 2.65 bits per heavy atom. The highest BCUT2D eigenvalue weighted by atomic mass is 32.1. The van der Waals surface area contributed by atoms with Crippen molar-refractivity contribution in [2.45, 2.75) is 32.7 Å². The summed E-state index contributed by atoms with van der Waals surface area (Å²) < 4.78 is 15.7. The van der Waals surface area contributed by atoms with Crippen molar-refractivity contribution in [3.05, 3.63) is 96.7 Å². The Hall–Kier alpha value is -3.19. The van der Waals surface area contributed by atoms with Crippen LogP contribution >= 0.6 is 11.3 Å². The zero-order valence-corrected chi connectivity index (χ0v) is 17.9. The third kappa shape index (κ3) is 3.49. The molecule has 31 heavy (non-hydrogen) atoms. The molecule has 0 saturated heterocycles. The quantitative estimate of drug-likeness (QED) is 0.624. The second-order valence-corrected chi connectivity index (χ2v) is 9.73. The van der Waals surface area contributed by atoms with E-state index in [1.54, 1.807) is 35.2 Å². The summed E-state index contributed by atoms with van der Waals surface area (Å²) in [6, 6.07) is 9.08.